The van der Waals surface area contributed by atoms with Gasteiger partial charge in [0.1, 0.15) is 5.75 Å². The topological polar surface area (TPSA) is 77.2 Å². The van der Waals surface area contributed by atoms with Crippen molar-refractivity contribution in [1.29, 1.82) is 0 Å². The van der Waals surface area contributed by atoms with E-state index in [0.29, 0.717) is 11.3 Å². The molecule has 1 heterocycles. The number of carbonyl (C=O) groups is 1. The minimum absolute atomic E-state index is 0.0169. The molecule has 1 unspecified atom stereocenters. The van der Waals surface area contributed by atoms with Crippen LogP contribution in [0.5, 0.6) is 5.75 Å². The summed E-state index contributed by atoms with van der Waals surface area (Å²) in [5.74, 6) is 0.194. The lowest BCUT2D eigenvalue weighted by atomic mass is 10.1. The lowest BCUT2D eigenvalue weighted by molar-refractivity contribution is 0.100. The first kappa shape index (κ1) is 13.4. The fourth-order valence-electron chi connectivity index (χ4n) is 1.72. The number of thiazole rings is 1. The van der Waals surface area contributed by atoms with E-state index in [1.165, 1.54) is 0 Å². The van der Waals surface area contributed by atoms with E-state index < -0.39 is 5.91 Å². The molecule has 0 aliphatic carbocycles. The van der Waals surface area contributed by atoms with E-state index in [9.17, 15) is 4.79 Å². The van der Waals surface area contributed by atoms with E-state index in [4.69, 9.17) is 10.5 Å². The van der Waals surface area contributed by atoms with Crippen molar-refractivity contribution in [1.82, 2.24) is 4.98 Å². The number of aromatic nitrogens is 1. The third-order valence-electron chi connectivity index (χ3n) is 2.75. The SMILES string of the molecule is COc1ccc(C(N)=O)cc1NC(C)c1cscn1. The van der Waals surface area contributed by atoms with E-state index in [0.717, 1.165) is 11.4 Å². The van der Waals surface area contributed by atoms with Gasteiger partial charge in [0.15, 0.2) is 0 Å². The van der Waals surface area contributed by atoms with E-state index in [-0.39, 0.29) is 6.04 Å². The van der Waals surface area contributed by atoms with Gasteiger partial charge >= 0.3 is 0 Å². The van der Waals surface area contributed by atoms with Crippen LogP contribution in [0.2, 0.25) is 0 Å². The lowest BCUT2D eigenvalue weighted by Gasteiger charge is -2.16. The molecule has 6 heteroatoms. The Bertz CT molecular complexity index is 569. The molecule has 1 aromatic carbocycles. The molecular formula is C13H15N3O2S. The Morgan fingerprint density at radius 1 is 1.53 bits per heavy atom. The Morgan fingerprint density at radius 2 is 2.32 bits per heavy atom. The van der Waals surface area contributed by atoms with Crippen LogP contribution < -0.4 is 15.8 Å². The maximum absolute atomic E-state index is 11.2. The first-order valence-corrected chi connectivity index (χ1v) is 6.68. The number of anilines is 1. The van der Waals surface area contributed by atoms with Gasteiger partial charge in [0, 0.05) is 10.9 Å². The van der Waals surface area contributed by atoms with Gasteiger partial charge in [-0.1, -0.05) is 0 Å². The summed E-state index contributed by atoms with van der Waals surface area (Å²) in [4.78, 5) is 15.5. The first-order valence-electron chi connectivity index (χ1n) is 5.74. The van der Waals surface area contributed by atoms with Crippen molar-refractivity contribution in [2.24, 2.45) is 5.73 Å². The Morgan fingerprint density at radius 3 is 2.89 bits per heavy atom. The van der Waals surface area contributed by atoms with Crippen LogP contribution in [0.15, 0.2) is 29.1 Å². The number of nitrogens with one attached hydrogen (secondary N) is 1. The van der Waals surface area contributed by atoms with Gasteiger partial charge in [-0.15, -0.1) is 11.3 Å². The standard InChI is InChI=1S/C13H15N3O2S/c1-8(11-6-19-7-15-11)16-10-5-9(13(14)17)3-4-12(10)18-2/h3-8,16H,1-2H3,(H2,14,17). The second-order valence-corrected chi connectivity index (χ2v) is 4.78. The average Bonchev–Trinajstić information content (AvgIpc) is 2.92. The summed E-state index contributed by atoms with van der Waals surface area (Å²) in [6.07, 6.45) is 0. The van der Waals surface area contributed by atoms with Gasteiger partial charge in [-0.3, -0.25) is 4.79 Å². The summed E-state index contributed by atoms with van der Waals surface area (Å²) in [6, 6.07) is 5.06. The summed E-state index contributed by atoms with van der Waals surface area (Å²) in [5, 5.41) is 5.24. The second-order valence-electron chi connectivity index (χ2n) is 4.06. The van der Waals surface area contributed by atoms with Crippen LogP contribution in [0.4, 0.5) is 5.69 Å². The third kappa shape index (κ3) is 3.03. The van der Waals surface area contributed by atoms with Crippen LogP contribution in [0, 0.1) is 0 Å². The summed E-state index contributed by atoms with van der Waals surface area (Å²) in [6.45, 7) is 1.99. The molecule has 19 heavy (non-hydrogen) atoms. The smallest absolute Gasteiger partial charge is 0.248 e. The van der Waals surface area contributed by atoms with Crippen molar-refractivity contribution < 1.29 is 9.53 Å². The van der Waals surface area contributed by atoms with Crippen LogP contribution in [0.1, 0.15) is 29.0 Å². The number of rotatable bonds is 5. The highest BCUT2D eigenvalue weighted by Gasteiger charge is 2.12. The van der Waals surface area contributed by atoms with E-state index >= 15 is 0 Å². The number of benzene rings is 1. The largest absolute Gasteiger partial charge is 0.495 e. The van der Waals surface area contributed by atoms with Crippen LogP contribution in [0.25, 0.3) is 0 Å². The monoisotopic (exact) mass is 277 g/mol. The van der Waals surface area contributed by atoms with Crippen LogP contribution in [0.3, 0.4) is 0 Å². The first-order chi connectivity index (χ1) is 9.11. The van der Waals surface area contributed by atoms with Crippen LogP contribution >= 0.6 is 11.3 Å². The molecule has 0 aliphatic heterocycles. The zero-order valence-electron chi connectivity index (χ0n) is 10.7. The van der Waals surface area contributed by atoms with Crippen molar-refractivity contribution >= 4 is 22.9 Å². The molecular weight excluding hydrogens is 262 g/mol. The second kappa shape index (κ2) is 5.71. The molecule has 5 nitrogen and oxygen atoms in total. The molecule has 1 aromatic heterocycles. The molecule has 0 saturated heterocycles. The normalized spacial score (nSPS) is 11.9. The Hall–Kier alpha value is -2.08. The van der Waals surface area contributed by atoms with Crippen molar-refractivity contribution in [3.8, 4) is 5.75 Å². The minimum Gasteiger partial charge on any atom is -0.495 e. The summed E-state index contributed by atoms with van der Waals surface area (Å²) < 4.78 is 5.27. The number of methoxy groups -OCH3 is 1. The van der Waals surface area contributed by atoms with E-state index in [1.807, 2.05) is 12.3 Å². The van der Waals surface area contributed by atoms with Crippen LogP contribution in [-0.4, -0.2) is 18.0 Å². The zero-order chi connectivity index (χ0) is 13.8. The number of carbonyl (C=O) groups excluding carboxylic acids is 1. The summed E-state index contributed by atoms with van der Waals surface area (Å²) in [7, 11) is 1.58. The molecule has 0 bridgehead atoms. The minimum atomic E-state index is -0.466. The molecule has 1 atom stereocenters. The predicted molar refractivity (Wildman–Crippen MR) is 75.7 cm³/mol. The van der Waals surface area contributed by atoms with Crippen molar-refractivity contribution in [2.45, 2.75) is 13.0 Å². The van der Waals surface area contributed by atoms with Crippen LogP contribution in [-0.2, 0) is 0 Å². The third-order valence-corrected chi connectivity index (χ3v) is 3.36. The number of hydrogen-bond donors (Lipinski definition) is 2. The lowest BCUT2D eigenvalue weighted by Crippen LogP contribution is -2.13. The number of nitrogens with two attached hydrogens (primary N) is 1. The molecule has 0 aliphatic rings. The number of amides is 1. The zero-order valence-corrected chi connectivity index (χ0v) is 11.5. The van der Waals surface area contributed by atoms with Gasteiger partial charge < -0.3 is 15.8 Å². The Kier molecular flexibility index (Phi) is 4.01. The predicted octanol–water partition coefficient (Wildman–Crippen LogP) is 2.42. The highest BCUT2D eigenvalue weighted by molar-refractivity contribution is 7.07. The van der Waals surface area contributed by atoms with Gasteiger partial charge in [0.2, 0.25) is 5.91 Å². The molecule has 2 aromatic rings. The molecule has 0 spiro atoms. The quantitative estimate of drug-likeness (QED) is 0.880. The number of ether oxygens (including phenoxy) is 1. The van der Waals surface area contributed by atoms with E-state index in [1.54, 1.807) is 42.2 Å². The molecule has 100 valence electrons. The van der Waals surface area contributed by atoms with Gasteiger partial charge in [0.05, 0.1) is 30.0 Å². The van der Waals surface area contributed by atoms with Gasteiger partial charge in [-0.25, -0.2) is 4.98 Å². The van der Waals surface area contributed by atoms with Crippen molar-refractivity contribution in [2.75, 3.05) is 12.4 Å². The fourth-order valence-corrected chi connectivity index (χ4v) is 2.36. The molecule has 1 amide bonds. The molecule has 3 N–H and O–H groups in total. The maximum atomic E-state index is 11.2. The highest BCUT2D eigenvalue weighted by atomic mass is 32.1. The Balaban J connectivity index is 2.27. The average molecular weight is 277 g/mol. The number of nitrogens with zero attached hydrogens (tertiary/aromatic N) is 1. The summed E-state index contributed by atoms with van der Waals surface area (Å²) >= 11 is 1.54. The van der Waals surface area contributed by atoms with Crippen molar-refractivity contribution in [3.05, 3.63) is 40.3 Å². The van der Waals surface area contributed by atoms with Gasteiger partial charge in [-0.05, 0) is 25.1 Å². The van der Waals surface area contributed by atoms with Gasteiger partial charge in [-0.2, -0.15) is 0 Å². The number of primary amides is 1. The molecule has 2 rings (SSSR count). The number of hydrogen-bond acceptors (Lipinski definition) is 5. The summed E-state index contributed by atoms with van der Waals surface area (Å²) in [5.41, 5.74) is 9.17. The molecule has 0 fully saturated rings. The highest BCUT2D eigenvalue weighted by Crippen LogP contribution is 2.29. The van der Waals surface area contributed by atoms with Crippen molar-refractivity contribution in [3.63, 3.8) is 0 Å². The van der Waals surface area contributed by atoms with E-state index in [2.05, 4.69) is 10.3 Å². The molecule has 0 saturated carbocycles. The molecule has 0 radical (unpaired) electrons. The van der Waals surface area contributed by atoms with Gasteiger partial charge in [0.25, 0.3) is 0 Å². The Labute approximate surface area is 115 Å². The maximum Gasteiger partial charge on any atom is 0.248 e. The fraction of sp³-hybridized carbons (Fsp3) is 0.231.